The Balaban J connectivity index is 3.01. The van der Waals surface area contributed by atoms with Crippen LogP contribution in [0.5, 0.6) is 0 Å². The fourth-order valence-electron chi connectivity index (χ4n) is 3.48. The number of carbonyl (C=O) groups excluding carboxylic acids is 1. The van der Waals surface area contributed by atoms with E-state index >= 15 is 0 Å². The lowest BCUT2D eigenvalue weighted by atomic mass is 9.56. The maximum atomic E-state index is 11.7. The summed E-state index contributed by atoms with van der Waals surface area (Å²) in [6.45, 7) is 15.2. The lowest BCUT2D eigenvalue weighted by Crippen LogP contribution is -2.45. The second kappa shape index (κ2) is 4.23. The molecule has 0 radical (unpaired) electrons. The van der Waals surface area contributed by atoms with Gasteiger partial charge in [-0.05, 0) is 17.8 Å². The molecule has 0 aromatic rings. The van der Waals surface area contributed by atoms with Crippen LogP contribution in [0, 0.1) is 16.7 Å². The average Bonchev–Trinajstić information content (AvgIpc) is 1.96. The van der Waals surface area contributed by atoms with Crippen molar-refractivity contribution in [3.05, 3.63) is 12.3 Å². The van der Waals surface area contributed by atoms with Crippen LogP contribution in [0.15, 0.2) is 12.3 Å². The molecule has 0 aliphatic heterocycles. The molecule has 0 saturated heterocycles. The normalized spacial score (nSPS) is 24.2. The van der Waals surface area contributed by atoms with Crippen molar-refractivity contribution >= 4 is 5.78 Å². The summed E-state index contributed by atoms with van der Waals surface area (Å²) in [7, 11) is 0. The predicted molar refractivity (Wildman–Crippen MR) is 66.1 cm³/mol. The fraction of sp³-hybridized carbons (Fsp3) is 0.786. The summed E-state index contributed by atoms with van der Waals surface area (Å²) in [6, 6.07) is 0. The first-order valence-electron chi connectivity index (χ1n) is 6.04. The maximum Gasteiger partial charge on any atom is 0.134 e. The standard InChI is InChI=1S/C14H24O2/c1-7-16-10(2)12-13(3,4)8-11(15)9-14(12,5)6/h12H,2,7-9H2,1,3-6H3. The van der Waals surface area contributed by atoms with Crippen molar-refractivity contribution in [2.75, 3.05) is 6.61 Å². The van der Waals surface area contributed by atoms with Crippen molar-refractivity contribution in [1.29, 1.82) is 0 Å². The highest BCUT2D eigenvalue weighted by atomic mass is 16.5. The van der Waals surface area contributed by atoms with Gasteiger partial charge in [-0.2, -0.15) is 0 Å². The highest BCUT2D eigenvalue weighted by Gasteiger charge is 2.49. The van der Waals surface area contributed by atoms with E-state index in [1.165, 1.54) is 0 Å². The number of rotatable bonds is 3. The molecule has 92 valence electrons. The second-order valence-electron chi connectivity index (χ2n) is 6.20. The topological polar surface area (TPSA) is 26.3 Å². The van der Waals surface area contributed by atoms with Crippen LogP contribution in [0.2, 0.25) is 0 Å². The van der Waals surface area contributed by atoms with E-state index in [4.69, 9.17) is 4.74 Å². The Morgan fingerprint density at radius 3 is 2.12 bits per heavy atom. The van der Waals surface area contributed by atoms with Gasteiger partial charge >= 0.3 is 0 Å². The lowest BCUT2D eigenvalue weighted by Gasteiger charge is -2.48. The molecule has 0 N–H and O–H groups in total. The Hall–Kier alpha value is -0.790. The van der Waals surface area contributed by atoms with Crippen LogP contribution in [0.4, 0.5) is 0 Å². The van der Waals surface area contributed by atoms with E-state index in [1.54, 1.807) is 0 Å². The molecule has 1 aliphatic rings. The molecular weight excluding hydrogens is 200 g/mol. The molecule has 0 atom stereocenters. The van der Waals surface area contributed by atoms with E-state index in [0.717, 1.165) is 5.76 Å². The monoisotopic (exact) mass is 224 g/mol. The first kappa shape index (κ1) is 13.3. The minimum atomic E-state index is -0.0505. The van der Waals surface area contributed by atoms with Gasteiger partial charge in [0.2, 0.25) is 0 Å². The summed E-state index contributed by atoms with van der Waals surface area (Å²) in [5.41, 5.74) is -0.101. The number of carbonyl (C=O) groups is 1. The third-order valence-electron chi connectivity index (χ3n) is 3.52. The smallest absolute Gasteiger partial charge is 0.134 e. The minimum Gasteiger partial charge on any atom is -0.499 e. The van der Waals surface area contributed by atoms with Crippen LogP contribution in [0.3, 0.4) is 0 Å². The number of ether oxygens (including phenoxy) is 1. The van der Waals surface area contributed by atoms with E-state index in [0.29, 0.717) is 25.2 Å². The SMILES string of the molecule is C=C(OCC)C1C(C)(C)CC(=O)CC1(C)C. The third-order valence-corrected chi connectivity index (χ3v) is 3.52. The van der Waals surface area contributed by atoms with Gasteiger partial charge in [0.05, 0.1) is 12.4 Å². The molecule has 2 nitrogen and oxygen atoms in total. The molecule has 1 rings (SSSR count). The van der Waals surface area contributed by atoms with Crippen LogP contribution in [0.1, 0.15) is 47.5 Å². The summed E-state index contributed by atoms with van der Waals surface area (Å²) >= 11 is 0. The summed E-state index contributed by atoms with van der Waals surface area (Å²) in [5.74, 6) is 1.44. The molecule has 1 fully saturated rings. The molecule has 16 heavy (non-hydrogen) atoms. The molecule has 0 aromatic heterocycles. The van der Waals surface area contributed by atoms with Crippen LogP contribution >= 0.6 is 0 Å². The Kier molecular flexibility index (Phi) is 3.51. The van der Waals surface area contributed by atoms with Crippen LogP contribution in [0.25, 0.3) is 0 Å². The molecular formula is C14H24O2. The first-order chi connectivity index (χ1) is 7.20. The van der Waals surface area contributed by atoms with Gasteiger partial charge in [-0.15, -0.1) is 0 Å². The average molecular weight is 224 g/mol. The Labute approximate surface area is 99.1 Å². The van der Waals surface area contributed by atoms with Gasteiger partial charge in [-0.1, -0.05) is 34.3 Å². The van der Waals surface area contributed by atoms with E-state index in [1.807, 2.05) is 6.92 Å². The van der Waals surface area contributed by atoms with Crippen molar-refractivity contribution in [3.8, 4) is 0 Å². The summed E-state index contributed by atoms with van der Waals surface area (Å²) in [6.07, 6.45) is 1.26. The molecule has 0 spiro atoms. The molecule has 0 unspecified atom stereocenters. The summed E-state index contributed by atoms with van der Waals surface area (Å²) in [4.78, 5) is 11.7. The van der Waals surface area contributed by atoms with Crippen molar-refractivity contribution in [3.63, 3.8) is 0 Å². The molecule has 0 amide bonds. The van der Waals surface area contributed by atoms with Gasteiger partial charge in [-0.25, -0.2) is 0 Å². The van der Waals surface area contributed by atoms with Crippen molar-refractivity contribution in [2.24, 2.45) is 16.7 Å². The fourth-order valence-corrected chi connectivity index (χ4v) is 3.48. The van der Waals surface area contributed by atoms with E-state index < -0.39 is 0 Å². The number of allylic oxidation sites excluding steroid dienone is 1. The van der Waals surface area contributed by atoms with Crippen LogP contribution in [-0.2, 0) is 9.53 Å². The molecule has 1 aliphatic carbocycles. The van der Waals surface area contributed by atoms with Crippen LogP contribution < -0.4 is 0 Å². The van der Waals surface area contributed by atoms with Crippen molar-refractivity contribution < 1.29 is 9.53 Å². The number of hydrogen-bond donors (Lipinski definition) is 0. The van der Waals surface area contributed by atoms with Crippen molar-refractivity contribution in [2.45, 2.75) is 47.5 Å². The lowest BCUT2D eigenvalue weighted by molar-refractivity contribution is -0.131. The molecule has 0 aromatic carbocycles. The van der Waals surface area contributed by atoms with Gasteiger partial charge in [0, 0.05) is 18.8 Å². The molecule has 2 heteroatoms. The third kappa shape index (κ3) is 2.47. The highest BCUT2D eigenvalue weighted by molar-refractivity contribution is 5.81. The zero-order valence-corrected chi connectivity index (χ0v) is 11.2. The van der Waals surface area contributed by atoms with Gasteiger partial charge in [0.1, 0.15) is 5.78 Å². The van der Waals surface area contributed by atoms with Gasteiger partial charge in [0.15, 0.2) is 0 Å². The number of ketones is 1. The number of Topliss-reactive ketones (excluding diaryl/α,β-unsaturated/α-hetero) is 1. The second-order valence-corrected chi connectivity index (χ2v) is 6.20. The van der Waals surface area contributed by atoms with Gasteiger partial charge in [-0.3, -0.25) is 4.79 Å². The first-order valence-corrected chi connectivity index (χ1v) is 6.04. The van der Waals surface area contributed by atoms with Crippen molar-refractivity contribution in [1.82, 2.24) is 0 Å². The maximum absolute atomic E-state index is 11.7. The summed E-state index contributed by atoms with van der Waals surface area (Å²) < 4.78 is 5.58. The van der Waals surface area contributed by atoms with E-state index in [-0.39, 0.29) is 16.7 Å². The molecule has 0 bridgehead atoms. The van der Waals surface area contributed by atoms with E-state index in [2.05, 4.69) is 34.3 Å². The number of hydrogen-bond acceptors (Lipinski definition) is 2. The zero-order valence-electron chi connectivity index (χ0n) is 11.2. The van der Waals surface area contributed by atoms with Crippen LogP contribution in [-0.4, -0.2) is 12.4 Å². The quantitative estimate of drug-likeness (QED) is 0.685. The highest BCUT2D eigenvalue weighted by Crippen LogP contribution is 2.52. The summed E-state index contributed by atoms with van der Waals surface area (Å²) in [5, 5.41) is 0. The predicted octanol–water partition coefficient (Wildman–Crippen LogP) is 3.57. The van der Waals surface area contributed by atoms with E-state index in [9.17, 15) is 4.79 Å². The Morgan fingerprint density at radius 1 is 1.31 bits per heavy atom. The molecule has 0 heterocycles. The van der Waals surface area contributed by atoms with Gasteiger partial charge in [0.25, 0.3) is 0 Å². The largest absolute Gasteiger partial charge is 0.499 e. The zero-order chi connectivity index (χ0) is 12.6. The van der Waals surface area contributed by atoms with Gasteiger partial charge < -0.3 is 4.74 Å². The minimum absolute atomic E-state index is 0.0505. The Bertz CT molecular complexity index is 280. The molecule has 1 saturated carbocycles. The Morgan fingerprint density at radius 2 is 1.75 bits per heavy atom.